The van der Waals surface area contributed by atoms with Crippen LogP contribution in [0.3, 0.4) is 0 Å². The third kappa shape index (κ3) is 12.5. The highest BCUT2D eigenvalue weighted by atomic mass is 16.5. The molecule has 3 aromatic carbocycles. The number of nitrogens with one attached hydrogen (secondary N) is 1. The molecule has 0 aromatic heterocycles. The number of anilines is 1. The van der Waals surface area contributed by atoms with Gasteiger partial charge in [-0.05, 0) is 66.6 Å². The lowest BCUT2D eigenvalue weighted by Crippen LogP contribution is -2.42. The number of hydrogen-bond donors (Lipinski definition) is 1. The lowest BCUT2D eigenvalue weighted by molar-refractivity contribution is -0.150. The number of amides is 3. The van der Waals surface area contributed by atoms with Gasteiger partial charge in [0.15, 0.2) is 0 Å². The van der Waals surface area contributed by atoms with Crippen LogP contribution in [-0.4, -0.2) is 116 Å². The van der Waals surface area contributed by atoms with Crippen molar-refractivity contribution in [1.29, 1.82) is 0 Å². The van der Waals surface area contributed by atoms with Crippen LogP contribution in [0.5, 0.6) is 0 Å². The predicted octanol–water partition coefficient (Wildman–Crippen LogP) is 5.58. The zero-order valence-corrected chi connectivity index (χ0v) is 30.8. The van der Waals surface area contributed by atoms with E-state index >= 15 is 0 Å². The largest absolute Gasteiger partial charge is 0.462 e. The van der Waals surface area contributed by atoms with Gasteiger partial charge in [0.1, 0.15) is 6.10 Å². The average molecular weight is 698 g/mol. The number of carbonyl (C=O) groups is 4. The van der Waals surface area contributed by atoms with Crippen LogP contribution in [0, 0.1) is 0 Å². The first-order chi connectivity index (χ1) is 24.6. The summed E-state index contributed by atoms with van der Waals surface area (Å²) in [5.41, 5.74) is 4.64. The second-order valence-electron chi connectivity index (χ2n) is 13.4. The topological polar surface area (TPSA) is 102 Å². The molecule has 274 valence electrons. The SMILES string of the molecule is CCC(=O)N(C)CCCN(C)C(=O)c1ccc(NCCCC(=O)N(C)CCN2CCC(OC(=O)Cc3ccccc3-c3ccccc3)CC2)cc1. The fraction of sp³-hybridized carbons (Fsp3) is 0.463. The van der Waals surface area contributed by atoms with Crippen LogP contribution >= 0.6 is 0 Å². The van der Waals surface area contributed by atoms with Gasteiger partial charge in [0.2, 0.25) is 11.8 Å². The molecule has 3 amide bonds. The number of likely N-dealkylation sites (N-methyl/N-ethyl adjacent to an activating group) is 1. The first-order valence-electron chi connectivity index (χ1n) is 18.3. The van der Waals surface area contributed by atoms with Gasteiger partial charge < -0.3 is 29.7 Å². The Balaban J connectivity index is 1.07. The summed E-state index contributed by atoms with van der Waals surface area (Å²) in [6, 6.07) is 25.5. The van der Waals surface area contributed by atoms with Crippen LogP contribution in [-0.2, 0) is 25.5 Å². The number of benzene rings is 3. The lowest BCUT2D eigenvalue weighted by atomic mass is 9.98. The summed E-state index contributed by atoms with van der Waals surface area (Å²) in [6.07, 6.45) is 4.12. The zero-order valence-electron chi connectivity index (χ0n) is 30.8. The minimum Gasteiger partial charge on any atom is -0.462 e. The molecule has 4 rings (SSSR count). The summed E-state index contributed by atoms with van der Waals surface area (Å²) < 4.78 is 5.88. The Bertz CT molecular complexity index is 1560. The van der Waals surface area contributed by atoms with Crippen molar-refractivity contribution >= 4 is 29.4 Å². The van der Waals surface area contributed by atoms with E-state index < -0.39 is 0 Å². The third-order valence-electron chi connectivity index (χ3n) is 9.54. The minimum absolute atomic E-state index is 0.0518. The number of rotatable bonds is 18. The van der Waals surface area contributed by atoms with Crippen molar-refractivity contribution in [1.82, 2.24) is 19.6 Å². The number of hydrogen-bond acceptors (Lipinski definition) is 7. The monoisotopic (exact) mass is 697 g/mol. The molecule has 0 spiro atoms. The molecule has 0 aliphatic carbocycles. The van der Waals surface area contributed by atoms with Crippen molar-refractivity contribution in [2.45, 2.75) is 58.0 Å². The van der Waals surface area contributed by atoms with Crippen LogP contribution < -0.4 is 5.32 Å². The molecule has 1 aliphatic heterocycles. The molecule has 0 atom stereocenters. The number of ether oxygens (including phenoxy) is 1. The molecule has 3 aromatic rings. The van der Waals surface area contributed by atoms with Gasteiger partial charge in [-0.15, -0.1) is 0 Å². The summed E-state index contributed by atoms with van der Waals surface area (Å²) in [5, 5.41) is 3.34. The summed E-state index contributed by atoms with van der Waals surface area (Å²) in [6.45, 7) is 6.82. The maximum absolute atomic E-state index is 12.8. The average Bonchev–Trinajstić information content (AvgIpc) is 3.16. The number of piperidine rings is 1. The zero-order chi connectivity index (χ0) is 36.6. The van der Waals surface area contributed by atoms with Gasteiger partial charge in [0.25, 0.3) is 5.91 Å². The van der Waals surface area contributed by atoms with Gasteiger partial charge in [-0.25, -0.2) is 0 Å². The summed E-state index contributed by atoms with van der Waals surface area (Å²) >= 11 is 0. The summed E-state index contributed by atoms with van der Waals surface area (Å²) in [5.74, 6) is -0.0221. The highest BCUT2D eigenvalue weighted by Gasteiger charge is 2.23. The molecule has 1 fully saturated rings. The normalized spacial score (nSPS) is 13.3. The van der Waals surface area contributed by atoms with Crippen molar-refractivity contribution in [3.8, 4) is 11.1 Å². The molecule has 1 saturated heterocycles. The second kappa shape index (κ2) is 20.2. The van der Waals surface area contributed by atoms with E-state index in [9.17, 15) is 19.2 Å². The van der Waals surface area contributed by atoms with Gasteiger partial charge in [0, 0.05) is 91.0 Å². The van der Waals surface area contributed by atoms with Crippen molar-refractivity contribution in [3.63, 3.8) is 0 Å². The standard InChI is InChI=1S/C41H55N5O5/c1-5-38(47)43(2)25-12-26-45(4)41(50)33-18-20-35(21-19-33)42-24-11-17-39(48)44(3)29-30-46-27-22-36(23-28-46)51-40(49)31-34-15-9-10-16-37(34)32-13-7-6-8-14-32/h6-10,13-16,18-21,36,42H,5,11-12,17,22-31H2,1-4H3. The fourth-order valence-electron chi connectivity index (χ4n) is 6.28. The van der Waals surface area contributed by atoms with E-state index in [1.807, 2.05) is 80.7 Å². The minimum atomic E-state index is -0.190. The smallest absolute Gasteiger partial charge is 0.310 e. The van der Waals surface area contributed by atoms with Crippen LogP contribution in [0.2, 0.25) is 0 Å². The van der Waals surface area contributed by atoms with Crippen molar-refractivity contribution in [2.24, 2.45) is 0 Å². The van der Waals surface area contributed by atoms with Crippen molar-refractivity contribution in [3.05, 3.63) is 90.0 Å². The molecule has 1 N–H and O–H groups in total. The molecule has 0 saturated carbocycles. The van der Waals surface area contributed by atoms with Crippen molar-refractivity contribution in [2.75, 3.05) is 72.3 Å². The summed E-state index contributed by atoms with van der Waals surface area (Å²) in [4.78, 5) is 57.6. The van der Waals surface area contributed by atoms with Gasteiger partial charge in [-0.3, -0.25) is 19.2 Å². The predicted molar refractivity (Wildman–Crippen MR) is 202 cm³/mol. The Morgan fingerprint density at radius 3 is 2.12 bits per heavy atom. The van der Waals surface area contributed by atoms with Gasteiger partial charge in [-0.2, -0.15) is 0 Å². The van der Waals surface area contributed by atoms with Crippen molar-refractivity contribution < 1.29 is 23.9 Å². The molecule has 0 radical (unpaired) electrons. The van der Waals surface area contributed by atoms with Gasteiger partial charge >= 0.3 is 5.97 Å². The molecular formula is C41H55N5O5. The van der Waals surface area contributed by atoms with E-state index in [4.69, 9.17) is 4.74 Å². The van der Waals surface area contributed by atoms with E-state index in [2.05, 4.69) is 22.3 Å². The molecule has 1 heterocycles. The lowest BCUT2D eigenvalue weighted by Gasteiger charge is -2.32. The van der Waals surface area contributed by atoms with Crippen LogP contribution in [0.25, 0.3) is 11.1 Å². The van der Waals surface area contributed by atoms with E-state index in [1.54, 1.807) is 28.8 Å². The second-order valence-corrected chi connectivity index (χ2v) is 13.4. The maximum Gasteiger partial charge on any atom is 0.310 e. The maximum atomic E-state index is 12.8. The Morgan fingerprint density at radius 1 is 0.765 bits per heavy atom. The molecule has 10 heteroatoms. The number of likely N-dealkylation sites (tertiary alicyclic amines) is 1. The fourth-order valence-corrected chi connectivity index (χ4v) is 6.28. The molecule has 51 heavy (non-hydrogen) atoms. The molecule has 10 nitrogen and oxygen atoms in total. The van der Waals surface area contributed by atoms with Crippen LogP contribution in [0.15, 0.2) is 78.9 Å². The first-order valence-corrected chi connectivity index (χ1v) is 18.3. The number of esters is 1. The first kappa shape index (κ1) is 39.1. The Kier molecular flexibility index (Phi) is 15.5. The van der Waals surface area contributed by atoms with E-state index in [1.165, 1.54) is 0 Å². The quantitative estimate of drug-likeness (QED) is 0.137. The Hall–Kier alpha value is -4.70. The molecular weight excluding hydrogens is 642 g/mol. The Morgan fingerprint density at radius 2 is 1.41 bits per heavy atom. The Labute approximate surface area is 303 Å². The number of nitrogens with zero attached hydrogens (tertiary/aromatic N) is 4. The van der Waals surface area contributed by atoms with E-state index in [0.29, 0.717) is 51.0 Å². The molecule has 1 aliphatic rings. The molecule has 0 unspecified atom stereocenters. The molecule has 0 bridgehead atoms. The van der Waals surface area contributed by atoms with E-state index in [-0.39, 0.29) is 36.2 Å². The third-order valence-corrected chi connectivity index (χ3v) is 9.54. The highest BCUT2D eigenvalue weighted by molar-refractivity contribution is 5.94. The van der Waals surface area contributed by atoms with Crippen LogP contribution in [0.1, 0.15) is 61.4 Å². The summed E-state index contributed by atoms with van der Waals surface area (Å²) in [7, 11) is 5.42. The van der Waals surface area contributed by atoms with Gasteiger partial charge in [-0.1, -0.05) is 61.5 Å². The van der Waals surface area contributed by atoms with E-state index in [0.717, 1.165) is 61.3 Å². The number of carbonyl (C=O) groups excluding carboxylic acids is 4. The highest BCUT2D eigenvalue weighted by Crippen LogP contribution is 2.24. The van der Waals surface area contributed by atoms with Gasteiger partial charge in [0.05, 0.1) is 6.42 Å². The van der Waals surface area contributed by atoms with Crippen LogP contribution in [0.4, 0.5) is 5.69 Å².